The van der Waals surface area contributed by atoms with Gasteiger partial charge in [-0.1, -0.05) is 0 Å². The molecule has 0 saturated carbocycles. The molecule has 104 valence electrons. The molecule has 1 aliphatic rings. The third-order valence-electron chi connectivity index (χ3n) is 3.22. The van der Waals surface area contributed by atoms with Crippen molar-refractivity contribution < 1.29 is 4.79 Å². The number of pyridine rings is 1. The Morgan fingerprint density at radius 2 is 2.16 bits per heavy atom. The lowest BCUT2D eigenvalue weighted by molar-refractivity contribution is -0.116. The Labute approximate surface area is 114 Å². The summed E-state index contributed by atoms with van der Waals surface area (Å²) >= 11 is 0. The number of carbonyl (C=O) groups is 1. The molecule has 2 rings (SSSR count). The van der Waals surface area contributed by atoms with E-state index in [9.17, 15) is 4.79 Å². The Bertz CT molecular complexity index is 410. The molecule has 0 spiro atoms. The monoisotopic (exact) mass is 262 g/mol. The van der Waals surface area contributed by atoms with Gasteiger partial charge in [-0.15, -0.1) is 0 Å². The molecule has 0 bridgehead atoms. The highest BCUT2D eigenvalue weighted by Gasteiger charge is 2.12. The summed E-state index contributed by atoms with van der Waals surface area (Å²) in [5.41, 5.74) is 6.31. The molecule has 0 radical (unpaired) electrons. The molecule has 1 saturated heterocycles. The highest BCUT2D eigenvalue weighted by Crippen LogP contribution is 2.18. The zero-order chi connectivity index (χ0) is 13.7. The molecule has 1 aromatic heterocycles. The summed E-state index contributed by atoms with van der Waals surface area (Å²) in [5.74, 6) is 0.924. The predicted molar refractivity (Wildman–Crippen MR) is 77.2 cm³/mol. The molecule has 1 atom stereocenters. The maximum atomic E-state index is 11.6. The van der Waals surface area contributed by atoms with Gasteiger partial charge in [0, 0.05) is 25.6 Å². The van der Waals surface area contributed by atoms with Gasteiger partial charge >= 0.3 is 0 Å². The molecule has 2 heterocycles. The minimum atomic E-state index is -0.124. The second-order valence-electron chi connectivity index (χ2n) is 5.18. The fraction of sp³-hybridized carbons (Fsp3) is 0.571. The summed E-state index contributed by atoms with van der Waals surface area (Å²) < 4.78 is 0. The molecule has 1 aliphatic heterocycles. The molecule has 5 heteroatoms. The number of rotatable bonds is 4. The maximum absolute atomic E-state index is 11.6. The van der Waals surface area contributed by atoms with E-state index in [0.29, 0.717) is 6.42 Å². The fourth-order valence-electron chi connectivity index (χ4n) is 2.27. The number of amides is 1. The number of hydrogen-bond acceptors (Lipinski definition) is 4. The van der Waals surface area contributed by atoms with Crippen LogP contribution in [0, 0.1) is 0 Å². The summed E-state index contributed by atoms with van der Waals surface area (Å²) in [6, 6.07) is 3.74. The summed E-state index contributed by atoms with van der Waals surface area (Å²) in [6.45, 7) is 3.96. The van der Waals surface area contributed by atoms with Gasteiger partial charge in [-0.3, -0.25) is 4.79 Å². The van der Waals surface area contributed by atoms with Crippen molar-refractivity contribution in [1.29, 1.82) is 0 Å². The van der Waals surface area contributed by atoms with Crippen molar-refractivity contribution in [2.45, 2.75) is 38.6 Å². The highest BCUT2D eigenvalue weighted by molar-refractivity contribution is 5.90. The van der Waals surface area contributed by atoms with Gasteiger partial charge < -0.3 is 16.0 Å². The number of aromatic nitrogens is 1. The molecule has 0 aliphatic carbocycles. The van der Waals surface area contributed by atoms with E-state index >= 15 is 0 Å². The summed E-state index contributed by atoms with van der Waals surface area (Å²) in [5, 5.41) is 2.80. The molecule has 0 aromatic carbocycles. The van der Waals surface area contributed by atoms with Crippen LogP contribution < -0.4 is 16.0 Å². The number of nitrogens with two attached hydrogens (primary N) is 1. The largest absolute Gasteiger partial charge is 0.357 e. The van der Waals surface area contributed by atoms with Gasteiger partial charge in [0.05, 0.1) is 11.9 Å². The summed E-state index contributed by atoms with van der Waals surface area (Å²) in [7, 11) is 0. The number of piperidine rings is 1. The molecule has 1 amide bonds. The third-order valence-corrected chi connectivity index (χ3v) is 3.22. The van der Waals surface area contributed by atoms with E-state index in [2.05, 4.69) is 15.2 Å². The molecule has 1 unspecified atom stereocenters. The van der Waals surface area contributed by atoms with Gasteiger partial charge in [-0.25, -0.2) is 4.98 Å². The Hall–Kier alpha value is -1.62. The molecule has 1 fully saturated rings. The third kappa shape index (κ3) is 4.21. The minimum Gasteiger partial charge on any atom is -0.357 e. The van der Waals surface area contributed by atoms with E-state index < -0.39 is 0 Å². The second kappa shape index (κ2) is 6.52. The van der Waals surface area contributed by atoms with Crippen LogP contribution >= 0.6 is 0 Å². The Kier molecular flexibility index (Phi) is 4.74. The van der Waals surface area contributed by atoms with E-state index in [1.807, 2.05) is 19.1 Å². The molecule has 19 heavy (non-hydrogen) atoms. The van der Waals surface area contributed by atoms with Gasteiger partial charge in [0.25, 0.3) is 0 Å². The first-order valence-electron chi connectivity index (χ1n) is 6.91. The van der Waals surface area contributed by atoms with Crippen molar-refractivity contribution in [3.63, 3.8) is 0 Å². The van der Waals surface area contributed by atoms with Gasteiger partial charge in [0.1, 0.15) is 5.82 Å². The van der Waals surface area contributed by atoms with Gasteiger partial charge in [-0.2, -0.15) is 0 Å². The van der Waals surface area contributed by atoms with Gasteiger partial charge in [-0.05, 0) is 38.3 Å². The Morgan fingerprint density at radius 3 is 2.74 bits per heavy atom. The topological polar surface area (TPSA) is 71.2 Å². The smallest absolute Gasteiger partial charge is 0.225 e. The van der Waals surface area contributed by atoms with Crippen molar-refractivity contribution in [2.75, 3.05) is 23.3 Å². The van der Waals surface area contributed by atoms with Crippen LogP contribution in [0.1, 0.15) is 32.6 Å². The predicted octanol–water partition coefficient (Wildman–Crippen LogP) is 1.75. The SMILES string of the molecule is CC(N)CC(=O)Nc1ccc(N2CCCCC2)nc1. The standard InChI is InChI=1S/C14H22N4O/c1-11(15)9-14(19)17-12-5-6-13(16-10-12)18-7-3-2-4-8-18/h5-6,10-11H,2-4,7-9,15H2,1H3,(H,17,19). The van der Waals surface area contributed by atoms with Crippen molar-refractivity contribution in [2.24, 2.45) is 5.73 Å². The van der Waals surface area contributed by atoms with Crippen molar-refractivity contribution in [1.82, 2.24) is 4.98 Å². The summed E-state index contributed by atoms with van der Waals surface area (Å²) in [4.78, 5) is 18.3. The quantitative estimate of drug-likeness (QED) is 0.867. The zero-order valence-electron chi connectivity index (χ0n) is 11.4. The van der Waals surface area contributed by atoms with Crippen molar-refractivity contribution in [3.05, 3.63) is 18.3 Å². The number of nitrogens with zero attached hydrogens (tertiary/aromatic N) is 2. The first-order chi connectivity index (χ1) is 9.15. The first-order valence-corrected chi connectivity index (χ1v) is 6.91. The van der Waals surface area contributed by atoms with Crippen LogP contribution in [0.3, 0.4) is 0 Å². The van der Waals surface area contributed by atoms with Crippen LogP contribution in [0.5, 0.6) is 0 Å². The van der Waals surface area contributed by atoms with Crippen LogP contribution in [-0.4, -0.2) is 30.0 Å². The maximum Gasteiger partial charge on any atom is 0.225 e. The zero-order valence-corrected chi connectivity index (χ0v) is 11.4. The highest BCUT2D eigenvalue weighted by atomic mass is 16.1. The minimum absolute atomic E-state index is 0.0671. The second-order valence-corrected chi connectivity index (χ2v) is 5.18. The Morgan fingerprint density at radius 1 is 1.42 bits per heavy atom. The van der Waals surface area contributed by atoms with E-state index in [1.165, 1.54) is 19.3 Å². The van der Waals surface area contributed by atoms with E-state index in [0.717, 1.165) is 24.6 Å². The number of hydrogen-bond donors (Lipinski definition) is 2. The first kappa shape index (κ1) is 13.8. The van der Waals surface area contributed by atoms with Crippen LogP contribution in [0.4, 0.5) is 11.5 Å². The van der Waals surface area contributed by atoms with Gasteiger partial charge in [0.2, 0.25) is 5.91 Å². The average Bonchev–Trinajstić information content (AvgIpc) is 2.39. The van der Waals surface area contributed by atoms with E-state index in [1.54, 1.807) is 6.20 Å². The van der Waals surface area contributed by atoms with Crippen LogP contribution in [0.2, 0.25) is 0 Å². The van der Waals surface area contributed by atoms with Crippen LogP contribution in [0.25, 0.3) is 0 Å². The normalized spacial score (nSPS) is 17.1. The lowest BCUT2D eigenvalue weighted by Crippen LogP contribution is -2.30. The van der Waals surface area contributed by atoms with Crippen molar-refractivity contribution >= 4 is 17.4 Å². The number of nitrogens with one attached hydrogen (secondary N) is 1. The summed E-state index contributed by atoms with van der Waals surface area (Å²) in [6.07, 6.45) is 5.81. The van der Waals surface area contributed by atoms with Crippen molar-refractivity contribution in [3.8, 4) is 0 Å². The average molecular weight is 262 g/mol. The lowest BCUT2D eigenvalue weighted by atomic mass is 10.1. The van der Waals surface area contributed by atoms with Crippen LogP contribution in [0.15, 0.2) is 18.3 Å². The number of carbonyl (C=O) groups excluding carboxylic acids is 1. The van der Waals surface area contributed by atoms with Crippen LogP contribution in [-0.2, 0) is 4.79 Å². The molecular weight excluding hydrogens is 240 g/mol. The lowest BCUT2D eigenvalue weighted by Gasteiger charge is -2.27. The van der Waals surface area contributed by atoms with E-state index in [-0.39, 0.29) is 11.9 Å². The molecule has 1 aromatic rings. The van der Waals surface area contributed by atoms with Gasteiger partial charge in [0.15, 0.2) is 0 Å². The van der Waals surface area contributed by atoms with E-state index in [4.69, 9.17) is 5.73 Å². The molecule has 3 N–H and O–H groups in total. The number of anilines is 2. The molecular formula is C14H22N4O. The molecule has 5 nitrogen and oxygen atoms in total. The fourth-order valence-corrected chi connectivity index (χ4v) is 2.27. The Balaban J connectivity index is 1.92.